The van der Waals surface area contributed by atoms with Gasteiger partial charge in [0.25, 0.3) is 11.8 Å². The standard InChI is InChI=1S/C25H19F3N4O2/c26-18-6-3-16(4-7-18)1-2-17-5-8-22-21(11-17)20(9-10-30-22)24(34)31-14-23(33)32-15-25(27,28)12-19(32)13-29/h1-11,19H,12,14-15H2,(H,31,34)/b2-1+. The first-order valence-electron chi connectivity index (χ1n) is 10.4. The number of amides is 2. The van der Waals surface area contributed by atoms with E-state index >= 15 is 0 Å². The van der Waals surface area contributed by atoms with Gasteiger partial charge in [-0.2, -0.15) is 5.26 Å². The van der Waals surface area contributed by atoms with E-state index in [1.54, 1.807) is 42.5 Å². The summed E-state index contributed by atoms with van der Waals surface area (Å²) in [6, 6.07) is 13.3. The zero-order valence-electron chi connectivity index (χ0n) is 17.8. The molecule has 1 unspecified atom stereocenters. The van der Waals surface area contributed by atoms with E-state index in [0.717, 1.165) is 16.0 Å². The number of halogens is 3. The first-order valence-corrected chi connectivity index (χ1v) is 10.4. The van der Waals surface area contributed by atoms with Crippen molar-refractivity contribution < 1.29 is 22.8 Å². The number of aromatic nitrogens is 1. The molecule has 1 aliphatic rings. The second kappa shape index (κ2) is 9.35. The van der Waals surface area contributed by atoms with Crippen LogP contribution in [0.1, 0.15) is 27.9 Å². The van der Waals surface area contributed by atoms with E-state index in [-0.39, 0.29) is 11.4 Å². The Morgan fingerprint density at radius 1 is 1.15 bits per heavy atom. The molecule has 1 N–H and O–H groups in total. The van der Waals surface area contributed by atoms with Crippen LogP contribution in [0.3, 0.4) is 0 Å². The second-order valence-electron chi connectivity index (χ2n) is 7.93. The van der Waals surface area contributed by atoms with Crippen LogP contribution in [-0.4, -0.2) is 46.8 Å². The van der Waals surface area contributed by atoms with Gasteiger partial charge in [0, 0.05) is 18.0 Å². The van der Waals surface area contributed by atoms with Gasteiger partial charge in [0.1, 0.15) is 11.9 Å². The molecule has 172 valence electrons. The van der Waals surface area contributed by atoms with Crippen molar-refractivity contribution in [3.05, 3.63) is 77.2 Å². The van der Waals surface area contributed by atoms with Crippen LogP contribution >= 0.6 is 0 Å². The van der Waals surface area contributed by atoms with Gasteiger partial charge >= 0.3 is 0 Å². The van der Waals surface area contributed by atoms with E-state index < -0.39 is 43.3 Å². The first kappa shape index (κ1) is 23.0. The molecule has 0 saturated carbocycles. The SMILES string of the molecule is N#CC1CC(F)(F)CN1C(=O)CNC(=O)c1ccnc2ccc(/C=C/c3ccc(F)cc3)cc12. The van der Waals surface area contributed by atoms with Crippen LogP contribution in [0, 0.1) is 17.1 Å². The normalized spacial score (nSPS) is 17.1. The minimum atomic E-state index is -3.13. The third-order valence-electron chi connectivity index (χ3n) is 5.49. The fourth-order valence-electron chi connectivity index (χ4n) is 3.78. The summed E-state index contributed by atoms with van der Waals surface area (Å²) in [6.45, 7) is -1.36. The molecular weight excluding hydrogens is 445 g/mol. The fourth-order valence-corrected chi connectivity index (χ4v) is 3.78. The molecule has 6 nitrogen and oxygen atoms in total. The van der Waals surface area contributed by atoms with Gasteiger partial charge in [-0.25, -0.2) is 13.2 Å². The molecule has 2 heterocycles. The van der Waals surface area contributed by atoms with Crippen molar-refractivity contribution in [3.8, 4) is 6.07 Å². The van der Waals surface area contributed by atoms with Crippen molar-refractivity contribution >= 4 is 34.9 Å². The quantitative estimate of drug-likeness (QED) is 0.578. The molecule has 0 spiro atoms. The van der Waals surface area contributed by atoms with Crippen molar-refractivity contribution in [1.82, 2.24) is 15.2 Å². The Morgan fingerprint density at radius 2 is 1.85 bits per heavy atom. The topological polar surface area (TPSA) is 86.1 Å². The highest BCUT2D eigenvalue weighted by atomic mass is 19.3. The molecule has 3 aromatic rings. The van der Waals surface area contributed by atoms with Gasteiger partial charge in [0.05, 0.1) is 30.2 Å². The summed E-state index contributed by atoms with van der Waals surface area (Å²) < 4.78 is 40.3. The number of rotatable bonds is 5. The van der Waals surface area contributed by atoms with E-state index in [1.807, 2.05) is 6.07 Å². The van der Waals surface area contributed by atoms with Crippen LogP contribution in [0.5, 0.6) is 0 Å². The number of hydrogen-bond donors (Lipinski definition) is 1. The molecular formula is C25H19F3N4O2. The van der Waals surface area contributed by atoms with Gasteiger partial charge in [0.15, 0.2) is 0 Å². The molecule has 0 aliphatic carbocycles. The maximum Gasteiger partial charge on any atom is 0.268 e. The largest absolute Gasteiger partial charge is 0.343 e. The third-order valence-corrected chi connectivity index (χ3v) is 5.49. The van der Waals surface area contributed by atoms with Gasteiger partial charge < -0.3 is 10.2 Å². The lowest BCUT2D eigenvalue weighted by molar-refractivity contribution is -0.131. The number of nitrogens with zero attached hydrogens (tertiary/aromatic N) is 3. The van der Waals surface area contributed by atoms with Crippen LogP contribution in [0.25, 0.3) is 23.1 Å². The smallest absolute Gasteiger partial charge is 0.268 e. The molecule has 1 atom stereocenters. The number of benzene rings is 2. The Kier molecular flexibility index (Phi) is 6.32. The molecule has 1 aromatic heterocycles. The fraction of sp³-hybridized carbons (Fsp3) is 0.200. The van der Waals surface area contributed by atoms with Crippen molar-refractivity contribution in [1.29, 1.82) is 5.26 Å². The van der Waals surface area contributed by atoms with Gasteiger partial charge in [-0.3, -0.25) is 14.6 Å². The van der Waals surface area contributed by atoms with Crippen molar-refractivity contribution in [2.45, 2.75) is 18.4 Å². The van der Waals surface area contributed by atoms with E-state index in [0.29, 0.717) is 10.9 Å². The molecule has 1 aliphatic heterocycles. The number of fused-ring (bicyclic) bond motifs is 1. The summed E-state index contributed by atoms with van der Waals surface area (Å²) >= 11 is 0. The van der Waals surface area contributed by atoms with E-state index in [4.69, 9.17) is 5.26 Å². The molecule has 2 aromatic carbocycles. The maximum absolute atomic E-state index is 13.6. The Bertz CT molecular complexity index is 1320. The summed E-state index contributed by atoms with van der Waals surface area (Å²) in [6.07, 6.45) is 4.35. The molecule has 0 radical (unpaired) electrons. The summed E-state index contributed by atoms with van der Waals surface area (Å²) in [7, 11) is 0. The predicted molar refractivity (Wildman–Crippen MR) is 120 cm³/mol. The van der Waals surface area contributed by atoms with Crippen LogP contribution in [0.4, 0.5) is 13.2 Å². The number of alkyl halides is 2. The number of nitriles is 1. The Hall–Kier alpha value is -4.19. The van der Waals surface area contributed by atoms with Gasteiger partial charge in [-0.05, 0) is 41.5 Å². The number of pyridine rings is 1. The Morgan fingerprint density at radius 3 is 2.59 bits per heavy atom. The lowest BCUT2D eigenvalue weighted by atomic mass is 10.0. The van der Waals surface area contributed by atoms with E-state index in [2.05, 4.69) is 10.3 Å². The number of likely N-dealkylation sites (tertiary alicyclic amines) is 1. The monoisotopic (exact) mass is 464 g/mol. The summed E-state index contributed by atoms with van der Waals surface area (Å²) in [4.78, 5) is 30.2. The van der Waals surface area contributed by atoms with Gasteiger partial charge in [-0.15, -0.1) is 0 Å². The van der Waals surface area contributed by atoms with Crippen LogP contribution in [0.2, 0.25) is 0 Å². The van der Waals surface area contributed by atoms with Gasteiger partial charge in [-0.1, -0.05) is 30.4 Å². The third kappa shape index (κ3) is 5.07. The van der Waals surface area contributed by atoms with Crippen molar-refractivity contribution in [2.24, 2.45) is 0 Å². The Labute approximate surface area is 193 Å². The Balaban J connectivity index is 1.50. The van der Waals surface area contributed by atoms with Crippen LogP contribution < -0.4 is 5.32 Å². The highest BCUT2D eigenvalue weighted by Gasteiger charge is 2.47. The number of nitrogens with one attached hydrogen (secondary N) is 1. The summed E-state index contributed by atoms with van der Waals surface area (Å²) in [5.41, 5.74) is 2.39. The molecule has 4 rings (SSSR count). The number of hydrogen-bond acceptors (Lipinski definition) is 4. The molecule has 1 fully saturated rings. The number of carbonyl (C=O) groups excluding carboxylic acids is 2. The molecule has 1 saturated heterocycles. The first-order chi connectivity index (χ1) is 16.3. The molecule has 0 bridgehead atoms. The zero-order chi connectivity index (χ0) is 24.3. The molecule has 2 amide bonds. The highest BCUT2D eigenvalue weighted by molar-refractivity contribution is 6.07. The summed E-state index contributed by atoms with van der Waals surface area (Å²) in [5, 5.41) is 12.0. The minimum absolute atomic E-state index is 0.262. The average Bonchev–Trinajstić information content (AvgIpc) is 3.16. The van der Waals surface area contributed by atoms with Crippen LogP contribution in [0.15, 0.2) is 54.7 Å². The number of carbonyl (C=O) groups is 2. The van der Waals surface area contributed by atoms with Crippen molar-refractivity contribution in [3.63, 3.8) is 0 Å². The summed E-state index contributed by atoms with van der Waals surface area (Å²) in [5.74, 6) is -4.78. The molecule has 9 heteroatoms. The maximum atomic E-state index is 13.6. The van der Waals surface area contributed by atoms with E-state index in [9.17, 15) is 22.8 Å². The molecule has 34 heavy (non-hydrogen) atoms. The lowest BCUT2D eigenvalue weighted by Gasteiger charge is -2.19. The van der Waals surface area contributed by atoms with Gasteiger partial charge in [0.2, 0.25) is 5.91 Å². The van der Waals surface area contributed by atoms with Crippen molar-refractivity contribution in [2.75, 3.05) is 13.1 Å². The minimum Gasteiger partial charge on any atom is -0.343 e. The highest BCUT2D eigenvalue weighted by Crippen LogP contribution is 2.31. The predicted octanol–water partition coefficient (Wildman–Crippen LogP) is 4.03. The average molecular weight is 464 g/mol. The second-order valence-corrected chi connectivity index (χ2v) is 7.93. The van der Waals surface area contributed by atoms with E-state index in [1.165, 1.54) is 24.4 Å². The zero-order valence-corrected chi connectivity index (χ0v) is 17.8. The van der Waals surface area contributed by atoms with Crippen LogP contribution in [-0.2, 0) is 4.79 Å². The lowest BCUT2D eigenvalue weighted by Crippen LogP contribution is -2.43.